The summed E-state index contributed by atoms with van der Waals surface area (Å²) in [5.74, 6) is 0.340. The van der Waals surface area contributed by atoms with E-state index in [0.717, 1.165) is 43.6 Å². The van der Waals surface area contributed by atoms with E-state index in [2.05, 4.69) is 36.3 Å². The Labute approximate surface area is 194 Å². The van der Waals surface area contributed by atoms with Gasteiger partial charge in [-0.05, 0) is 48.3 Å². The lowest BCUT2D eigenvalue weighted by Gasteiger charge is -2.33. The molecular formula is C25H33N3O3S. The van der Waals surface area contributed by atoms with Crippen molar-refractivity contribution in [1.29, 1.82) is 0 Å². The number of nitrogens with zero attached hydrogens (tertiary/aromatic N) is 1. The van der Waals surface area contributed by atoms with Crippen LogP contribution in [-0.2, 0) is 22.4 Å². The van der Waals surface area contributed by atoms with Crippen LogP contribution in [0.2, 0.25) is 0 Å². The summed E-state index contributed by atoms with van der Waals surface area (Å²) in [4.78, 5) is 29.5. The number of anilines is 2. The minimum Gasteiger partial charge on any atom is -0.379 e. The average molecular weight is 456 g/mol. The van der Waals surface area contributed by atoms with Crippen molar-refractivity contribution in [2.45, 2.75) is 40.0 Å². The number of hydrogen-bond acceptors (Lipinski definition) is 5. The standard InChI is InChI=1S/C25H33N3O3S/c1-25(2,3)17-9-10-19-20(15-17)32-24(27-21(29)16-28-11-13-31-14-12-28)22(19)23(30)26-18-7-5-4-6-8-18/h4-8,17H,9-16H2,1-3H3,(H,26,30)(H,27,29)/t17-/m1/s1. The third-order valence-electron chi connectivity index (χ3n) is 6.47. The van der Waals surface area contributed by atoms with Gasteiger partial charge in [-0.15, -0.1) is 11.3 Å². The van der Waals surface area contributed by atoms with Gasteiger partial charge in [-0.1, -0.05) is 39.0 Å². The van der Waals surface area contributed by atoms with E-state index in [9.17, 15) is 9.59 Å². The molecule has 1 aromatic carbocycles. The van der Waals surface area contributed by atoms with Gasteiger partial charge in [0.2, 0.25) is 5.91 Å². The molecule has 0 spiro atoms. The second kappa shape index (κ2) is 9.73. The number of carbonyl (C=O) groups is 2. The zero-order chi connectivity index (χ0) is 22.7. The molecule has 32 heavy (non-hydrogen) atoms. The SMILES string of the molecule is CC(C)(C)[C@@H]1CCc2c(sc(NC(=O)CN3CCOCC3)c2C(=O)Nc2ccccc2)C1. The molecule has 7 heteroatoms. The van der Waals surface area contributed by atoms with Crippen molar-refractivity contribution in [3.63, 3.8) is 0 Å². The molecule has 0 radical (unpaired) electrons. The Bertz CT molecular complexity index is 959. The van der Waals surface area contributed by atoms with Gasteiger partial charge < -0.3 is 15.4 Å². The van der Waals surface area contributed by atoms with E-state index in [1.807, 2.05) is 30.3 Å². The van der Waals surface area contributed by atoms with Crippen LogP contribution < -0.4 is 10.6 Å². The van der Waals surface area contributed by atoms with E-state index in [-0.39, 0.29) is 17.2 Å². The van der Waals surface area contributed by atoms with Crippen LogP contribution in [0.4, 0.5) is 10.7 Å². The summed E-state index contributed by atoms with van der Waals surface area (Å²) in [6.45, 7) is 9.97. The molecule has 1 aliphatic heterocycles. The summed E-state index contributed by atoms with van der Waals surface area (Å²) in [6, 6.07) is 9.48. The third-order valence-corrected chi connectivity index (χ3v) is 7.64. The Balaban J connectivity index is 1.58. The van der Waals surface area contributed by atoms with Crippen LogP contribution in [-0.4, -0.2) is 49.6 Å². The largest absolute Gasteiger partial charge is 0.379 e. The molecule has 0 bridgehead atoms. The van der Waals surface area contributed by atoms with E-state index in [1.54, 1.807) is 11.3 Å². The van der Waals surface area contributed by atoms with E-state index in [1.165, 1.54) is 4.88 Å². The van der Waals surface area contributed by atoms with Crippen molar-refractivity contribution in [2.75, 3.05) is 43.5 Å². The Morgan fingerprint density at radius 3 is 2.53 bits per heavy atom. The molecule has 1 saturated heterocycles. The first-order chi connectivity index (χ1) is 15.3. The number of ether oxygens (including phenoxy) is 1. The lowest BCUT2D eigenvalue weighted by atomic mass is 9.72. The molecule has 172 valence electrons. The molecule has 2 N–H and O–H groups in total. The van der Waals surface area contributed by atoms with Gasteiger partial charge in [0.25, 0.3) is 5.91 Å². The Hall–Kier alpha value is -2.22. The van der Waals surface area contributed by atoms with Crippen LogP contribution in [0.25, 0.3) is 0 Å². The number of benzene rings is 1. The fourth-order valence-corrected chi connectivity index (χ4v) is 5.84. The highest BCUT2D eigenvalue weighted by Gasteiger charge is 2.34. The molecule has 1 aliphatic carbocycles. The van der Waals surface area contributed by atoms with Crippen molar-refractivity contribution in [2.24, 2.45) is 11.3 Å². The van der Waals surface area contributed by atoms with Crippen LogP contribution in [0, 0.1) is 11.3 Å². The highest BCUT2D eigenvalue weighted by Crippen LogP contribution is 2.44. The number of morpholine rings is 1. The van der Waals surface area contributed by atoms with Crippen molar-refractivity contribution in [3.05, 3.63) is 46.3 Å². The van der Waals surface area contributed by atoms with Crippen molar-refractivity contribution in [1.82, 2.24) is 4.90 Å². The number of amides is 2. The summed E-state index contributed by atoms with van der Waals surface area (Å²) in [7, 11) is 0. The number of para-hydroxylation sites is 1. The quantitative estimate of drug-likeness (QED) is 0.700. The minimum absolute atomic E-state index is 0.0772. The number of nitrogens with one attached hydrogen (secondary N) is 2. The van der Waals surface area contributed by atoms with Crippen LogP contribution in [0.5, 0.6) is 0 Å². The number of rotatable bonds is 5. The van der Waals surface area contributed by atoms with E-state index in [4.69, 9.17) is 4.74 Å². The molecule has 0 saturated carbocycles. The van der Waals surface area contributed by atoms with Crippen molar-refractivity contribution in [3.8, 4) is 0 Å². The van der Waals surface area contributed by atoms with E-state index in [0.29, 0.717) is 36.2 Å². The molecule has 1 fully saturated rings. The van der Waals surface area contributed by atoms with E-state index < -0.39 is 0 Å². The summed E-state index contributed by atoms with van der Waals surface area (Å²) >= 11 is 1.58. The van der Waals surface area contributed by atoms with Crippen LogP contribution >= 0.6 is 11.3 Å². The normalized spacial score (nSPS) is 19.3. The summed E-state index contributed by atoms with van der Waals surface area (Å²) in [5.41, 5.74) is 2.71. The molecule has 4 rings (SSSR count). The molecule has 1 aromatic heterocycles. The zero-order valence-electron chi connectivity index (χ0n) is 19.2. The zero-order valence-corrected chi connectivity index (χ0v) is 20.0. The fraction of sp³-hybridized carbons (Fsp3) is 0.520. The Morgan fingerprint density at radius 2 is 1.84 bits per heavy atom. The highest BCUT2D eigenvalue weighted by atomic mass is 32.1. The smallest absolute Gasteiger partial charge is 0.258 e. The first kappa shape index (κ1) is 23.0. The van der Waals surface area contributed by atoms with Crippen molar-refractivity contribution < 1.29 is 14.3 Å². The number of thiophene rings is 1. The monoisotopic (exact) mass is 455 g/mol. The molecule has 0 unspecified atom stereocenters. The maximum Gasteiger partial charge on any atom is 0.258 e. The molecular weight excluding hydrogens is 422 g/mol. The summed E-state index contributed by atoms with van der Waals surface area (Å²) in [6.07, 6.45) is 2.87. The predicted molar refractivity (Wildman–Crippen MR) is 130 cm³/mol. The van der Waals surface area contributed by atoms with Gasteiger partial charge in [0.05, 0.1) is 25.3 Å². The third kappa shape index (κ3) is 5.39. The Morgan fingerprint density at radius 1 is 1.12 bits per heavy atom. The van der Waals surface area contributed by atoms with Gasteiger partial charge in [-0.3, -0.25) is 14.5 Å². The van der Waals surface area contributed by atoms with Crippen LogP contribution in [0.1, 0.15) is 48.0 Å². The summed E-state index contributed by atoms with van der Waals surface area (Å²) in [5, 5.41) is 6.77. The van der Waals surface area contributed by atoms with Gasteiger partial charge in [-0.2, -0.15) is 0 Å². The fourth-order valence-electron chi connectivity index (χ4n) is 4.50. The molecule has 2 heterocycles. The first-order valence-corrected chi connectivity index (χ1v) is 12.2. The van der Waals surface area contributed by atoms with Gasteiger partial charge in [-0.25, -0.2) is 0 Å². The summed E-state index contributed by atoms with van der Waals surface area (Å²) < 4.78 is 5.38. The lowest BCUT2D eigenvalue weighted by Crippen LogP contribution is -2.41. The second-order valence-corrected chi connectivity index (χ2v) is 10.9. The average Bonchev–Trinajstić information content (AvgIpc) is 3.11. The molecule has 2 aliphatic rings. The van der Waals surface area contributed by atoms with Gasteiger partial charge in [0.1, 0.15) is 5.00 Å². The van der Waals surface area contributed by atoms with Gasteiger partial charge in [0, 0.05) is 23.7 Å². The number of hydrogen-bond donors (Lipinski definition) is 2. The van der Waals surface area contributed by atoms with E-state index >= 15 is 0 Å². The molecule has 1 atom stereocenters. The minimum atomic E-state index is -0.149. The molecule has 6 nitrogen and oxygen atoms in total. The number of carbonyl (C=O) groups excluding carboxylic acids is 2. The maximum atomic E-state index is 13.3. The highest BCUT2D eigenvalue weighted by molar-refractivity contribution is 7.17. The molecule has 2 amide bonds. The van der Waals surface area contributed by atoms with Crippen molar-refractivity contribution >= 4 is 33.8 Å². The van der Waals surface area contributed by atoms with Gasteiger partial charge in [0.15, 0.2) is 0 Å². The Kier molecular flexibility index (Phi) is 6.98. The predicted octanol–water partition coefficient (Wildman–Crippen LogP) is 4.42. The maximum absolute atomic E-state index is 13.3. The number of fused-ring (bicyclic) bond motifs is 1. The van der Waals surface area contributed by atoms with Gasteiger partial charge >= 0.3 is 0 Å². The topological polar surface area (TPSA) is 70.7 Å². The first-order valence-electron chi connectivity index (χ1n) is 11.4. The van der Waals surface area contributed by atoms with Crippen LogP contribution in [0.3, 0.4) is 0 Å². The second-order valence-electron chi connectivity index (χ2n) is 9.77. The lowest BCUT2D eigenvalue weighted by molar-refractivity contribution is -0.118. The van der Waals surface area contributed by atoms with Crippen LogP contribution in [0.15, 0.2) is 30.3 Å². The molecule has 2 aromatic rings.